The van der Waals surface area contributed by atoms with Gasteiger partial charge < -0.3 is 10.1 Å². The largest absolute Gasteiger partial charge is 0.465 e. The smallest absolute Gasteiger partial charge is 0.337 e. The lowest BCUT2D eigenvalue weighted by atomic mass is 10.0. The molecule has 0 atom stereocenters. The second kappa shape index (κ2) is 5.87. The molecule has 1 aromatic rings. The number of nitrogens with one attached hydrogen (secondary N) is 1. The van der Waals surface area contributed by atoms with Crippen molar-refractivity contribution < 1.29 is 9.53 Å². The van der Waals surface area contributed by atoms with E-state index in [1.807, 2.05) is 18.2 Å². The monoisotopic (exact) mass is 241 g/mol. The van der Waals surface area contributed by atoms with Gasteiger partial charge in [0.05, 0.1) is 12.7 Å². The summed E-state index contributed by atoms with van der Waals surface area (Å²) >= 11 is 0. The molecule has 0 unspecified atom stereocenters. The fourth-order valence-electron chi connectivity index (χ4n) is 1.90. The lowest BCUT2D eigenvalue weighted by Crippen LogP contribution is -2.12. The molecule has 0 fully saturated rings. The Morgan fingerprint density at radius 3 is 2.94 bits per heavy atom. The molecule has 0 radical (unpaired) electrons. The van der Waals surface area contributed by atoms with E-state index in [0.29, 0.717) is 5.56 Å². The van der Waals surface area contributed by atoms with E-state index < -0.39 is 0 Å². The zero-order chi connectivity index (χ0) is 10.7. The van der Waals surface area contributed by atoms with Crippen molar-refractivity contribution in [1.82, 2.24) is 5.32 Å². The minimum atomic E-state index is -0.255. The number of fused-ring (bicyclic) bond motifs is 1. The minimum absolute atomic E-state index is 0. The van der Waals surface area contributed by atoms with Crippen LogP contribution in [0.15, 0.2) is 18.2 Å². The Kier molecular flexibility index (Phi) is 4.77. The molecule has 4 heteroatoms. The molecule has 1 N–H and O–H groups in total. The maximum Gasteiger partial charge on any atom is 0.337 e. The van der Waals surface area contributed by atoms with Crippen LogP contribution in [0.1, 0.15) is 27.9 Å². The molecule has 0 amide bonds. The first-order chi connectivity index (χ1) is 7.31. The predicted molar refractivity (Wildman–Crippen MR) is 65.1 cm³/mol. The van der Waals surface area contributed by atoms with E-state index >= 15 is 0 Å². The van der Waals surface area contributed by atoms with Crippen LogP contribution in [0.25, 0.3) is 0 Å². The fraction of sp³-hybridized carbons (Fsp3) is 0.417. The number of aryl methyl sites for hydroxylation is 1. The molecule has 0 spiro atoms. The number of hydrogen-bond donors (Lipinski definition) is 1. The lowest BCUT2D eigenvalue weighted by molar-refractivity contribution is 0.0600. The minimum Gasteiger partial charge on any atom is -0.465 e. The Bertz CT molecular complexity index is 379. The molecule has 3 nitrogen and oxygen atoms in total. The molecular formula is C12H16ClNO2. The first-order valence-corrected chi connectivity index (χ1v) is 5.22. The van der Waals surface area contributed by atoms with Gasteiger partial charge in [-0.3, -0.25) is 0 Å². The summed E-state index contributed by atoms with van der Waals surface area (Å²) in [6.45, 7) is 1.94. The molecule has 88 valence electrons. The maximum absolute atomic E-state index is 11.3. The van der Waals surface area contributed by atoms with Gasteiger partial charge in [-0.2, -0.15) is 0 Å². The van der Waals surface area contributed by atoms with Crippen molar-refractivity contribution in [1.29, 1.82) is 0 Å². The van der Waals surface area contributed by atoms with E-state index in [9.17, 15) is 4.79 Å². The topological polar surface area (TPSA) is 38.3 Å². The number of halogens is 1. The summed E-state index contributed by atoms with van der Waals surface area (Å²) in [5.74, 6) is -0.255. The van der Waals surface area contributed by atoms with Crippen molar-refractivity contribution in [3.8, 4) is 0 Å². The van der Waals surface area contributed by atoms with Gasteiger partial charge in [-0.15, -0.1) is 12.4 Å². The van der Waals surface area contributed by atoms with Gasteiger partial charge in [-0.05, 0) is 42.6 Å². The Labute approximate surface area is 102 Å². The van der Waals surface area contributed by atoms with Gasteiger partial charge in [-0.25, -0.2) is 4.79 Å². The van der Waals surface area contributed by atoms with Crippen LogP contribution in [-0.2, 0) is 17.7 Å². The number of rotatable bonds is 1. The molecule has 1 aliphatic heterocycles. The standard InChI is InChI=1S/C12H15NO2.ClH/c1-15-12(14)10-4-5-11-8-13-6-2-3-9(11)7-10;/h4-5,7,13H,2-3,6,8H2,1H3;1H. The second-order valence-electron chi connectivity index (χ2n) is 3.76. The Morgan fingerprint density at radius 2 is 2.19 bits per heavy atom. The zero-order valence-electron chi connectivity index (χ0n) is 9.29. The van der Waals surface area contributed by atoms with Gasteiger partial charge in [0.15, 0.2) is 0 Å². The molecule has 0 aliphatic carbocycles. The number of ether oxygens (including phenoxy) is 1. The Morgan fingerprint density at radius 1 is 1.38 bits per heavy atom. The molecule has 0 aromatic heterocycles. The highest BCUT2D eigenvalue weighted by Crippen LogP contribution is 2.16. The van der Waals surface area contributed by atoms with Gasteiger partial charge in [0.25, 0.3) is 0 Å². The summed E-state index contributed by atoms with van der Waals surface area (Å²) < 4.78 is 4.70. The van der Waals surface area contributed by atoms with Crippen LogP contribution in [0.2, 0.25) is 0 Å². The third-order valence-corrected chi connectivity index (χ3v) is 2.74. The third kappa shape index (κ3) is 2.74. The Hall–Kier alpha value is -1.06. The average Bonchev–Trinajstić information content (AvgIpc) is 2.51. The van der Waals surface area contributed by atoms with Crippen molar-refractivity contribution in [3.63, 3.8) is 0 Å². The fourth-order valence-corrected chi connectivity index (χ4v) is 1.90. The summed E-state index contributed by atoms with van der Waals surface area (Å²) in [6, 6.07) is 5.80. The van der Waals surface area contributed by atoms with Gasteiger partial charge in [0, 0.05) is 6.54 Å². The third-order valence-electron chi connectivity index (χ3n) is 2.74. The molecule has 16 heavy (non-hydrogen) atoms. The second-order valence-corrected chi connectivity index (χ2v) is 3.76. The maximum atomic E-state index is 11.3. The number of esters is 1. The van der Waals surface area contributed by atoms with Crippen molar-refractivity contribution in [2.75, 3.05) is 13.7 Å². The first kappa shape index (κ1) is 13.0. The van der Waals surface area contributed by atoms with E-state index in [0.717, 1.165) is 25.9 Å². The zero-order valence-corrected chi connectivity index (χ0v) is 10.1. The van der Waals surface area contributed by atoms with Crippen molar-refractivity contribution in [3.05, 3.63) is 34.9 Å². The van der Waals surface area contributed by atoms with Gasteiger partial charge >= 0.3 is 5.97 Å². The molecule has 2 rings (SSSR count). The molecule has 1 aliphatic rings. The number of benzene rings is 1. The van der Waals surface area contributed by atoms with Crippen LogP contribution < -0.4 is 5.32 Å². The molecule has 1 heterocycles. The molecule has 0 saturated heterocycles. The first-order valence-electron chi connectivity index (χ1n) is 5.22. The van der Waals surface area contributed by atoms with E-state index in [4.69, 9.17) is 4.74 Å². The van der Waals surface area contributed by atoms with Crippen LogP contribution in [0.4, 0.5) is 0 Å². The van der Waals surface area contributed by atoms with Crippen LogP contribution in [0, 0.1) is 0 Å². The van der Waals surface area contributed by atoms with E-state index in [-0.39, 0.29) is 18.4 Å². The number of hydrogen-bond acceptors (Lipinski definition) is 3. The average molecular weight is 242 g/mol. The SMILES string of the molecule is COC(=O)c1ccc2c(c1)CCCNC2.Cl. The van der Waals surface area contributed by atoms with Crippen molar-refractivity contribution in [2.45, 2.75) is 19.4 Å². The number of methoxy groups -OCH3 is 1. The predicted octanol–water partition coefficient (Wildman–Crippen LogP) is 1.93. The summed E-state index contributed by atoms with van der Waals surface area (Å²) in [6.07, 6.45) is 2.16. The van der Waals surface area contributed by atoms with Gasteiger partial charge in [-0.1, -0.05) is 6.07 Å². The van der Waals surface area contributed by atoms with Gasteiger partial charge in [0.2, 0.25) is 0 Å². The lowest BCUT2D eigenvalue weighted by Gasteiger charge is -2.07. The normalized spacial score (nSPS) is 14.3. The highest BCUT2D eigenvalue weighted by Gasteiger charge is 2.11. The van der Waals surface area contributed by atoms with E-state index in [1.165, 1.54) is 18.2 Å². The van der Waals surface area contributed by atoms with Crippen LogP contribution in [-0.4, -0.2) is 19.6 Å². The van der Waals surface area contributed by atoms with Gasteiger partial charge in [0.1, 0.15) is 0 Å². The summed E-state index contributed by atoms with van der Waals surface area (Å²) in [4.78, 5) is 11.3. The quantitative estimate of drug-likeness (QED) is 0.764. The summed E-state index contributed by atoms with van der Waals surface area (Å²) in [5.41, 5.74) is 3.21. The Balaban J connectivity index is 0.00000128. The van der Waals surface area contributed by atoms with Crippen molar-refractivity contribution in [2.24, 2.45) is 0 Å². The molecule has 0 bridgehead atoms. The number of carbonyl (C=O) groups excluding carboxylic acids is 1. The highest BCUT2D eigenvalue weighted by molar-refractivity contribution is 5.89. The van der Waals surface area contributed by atoms with Crippen LogP contribution >= 0.6 is 12.4 Å². The van der Waals surface area contributed by atoms with E-state index in [1.54, 1.807) is 0 Å². The van der Waals surface area contributed by atoms with Crippen LogP contribution in [0.3, 0.4) is 0 Å². The molecule has 0 saturated carbocycles. The highest BCUT2D eigenvalue weighted by atomic mass is 35.5. The van der Waals surface area contributed by atoms with E-state index in [2.05, 4.69) is 5.32 Å². The summed E-state index contributed by atoms with van der Waals surface area (Å²) in [7, 11) is 1.41. The van der Waals surface area contributed by atoms with Crippen molar-refractivity contribution >= 4 is 18.4 Å². The molecule has 1 aromatic carbocycles. The summed E-state index contributed by atoms with van der Waals surface area (Å²) in [5, 5.41) is 3.35. The number of carbonyl (C=O) groups is 1. The molecular weight excluding hydrogens is 226 g/mol. The van der Waals surface area contributed by atoms with Crippen LogP contribution in [0.5, 0.6) is 0 Å².